The van der Waals surface area contributed by atoms with Crippen molar-refractivity contribution in [2.45, 2.75) is 44.6 Å². The molecule has 0 saturated heterocycles. The summed E-state index contributed by atoms with van der Waals surface area (Å²) in [5.41, 5.74) is 1.83. The summed E-state index contributed by atoms with van der Waals surface area (Å²) >= 11 is 0. The van der Waals surface area contributed by atoms with Gasteiger partial charge in [0.1, 0.15) is 11.4 Å². The maximum absolute atomic E-state index is 11.6. The van der Waals surface area contributed by atoms with Crippen LogP contribution in [-0.4, -0.2) is 19.5 Å². The van der Waals surface area contributed by atoms with Gasteiger partial charge in [0.25, 0.3) is 10.1 Å². The third-order valence-electron chi connectivity index (χ3n) is 4.47. The van der Waals surface area contributed by atoms with Crippen LogP contribution in [0.25, 0.3) is 0 Å². The van der Waals surface area contributed by atoms with Crippen molar-refractivity contribution in [3.05, 3.63) is 28.2 Å². The van der Waals surface area contributed by atoms with E-state index < -0.39 is 10.1 Å². The molecule has 7 heteroatoms. The fraction of sp³-hybridized carbons (Fsp3) is 0.571. The van der Waals surface area contributed by atoms with Crippen molar-refractivity contribution in [2.24, 2.45) is 10.6 Å². The minimum atomic E-state index is -4.34. The summed E-state index contributed by atoms with van der Waals surface area (Å²) in [6.45, 7) is 4.77. The monoisotopic (exact) mass is 312 g/mol. The summed E-state index contributed by atoms with van der Waals surface area (Å²) in [5, 5.41) is 5.96. The highest BCUT2D eigenvalue weighted by atomic mass is 32.2. The summed E-state index contributed by atoms with van der Waals surface area (Å²) in [6, 6.07) is 3.12. The molecule has 6 nitrogen and oxygen atoms in total. The SMILES string of the molecule is CCC1(CC)CNc2c(cc(CN=O)cc2S(=O)(=O)O)C1. The van der Waals surface area contributed by atoms with Crippen LogP contribution < -0.4 is 5.32 Å². The van der Waals surface area contributed by atoms with Crippen molar-refractivity contribution >= 4 is 15.8 Å². The summed E-state index contributed by atoms with van der Waals surface area (Å²) in [7, 11) is -4.34. The van der Waals surface area contributed by atoms with Gasteiger partial charge in [-0.2, -0.15) is 13.3 Å². The zero-order valence-corrected chi connectivity index (χ0v) is 13.0. The lowest BCUT2D eigenvalue weighted by Gasteiger charge is -2.38. The molecule has 0 spiro atoms. The molecule has 0 saturated carbocycles. The summed E-state index contributed by atoms with van der Waals surface area (Å²) in [5.74, 6) is 0. The Bertz CT molecular complexity index is 651. The molecule has 1 heterocycles. The van der Waals surface area contributed by atoms with Crippen molar-refractivity contribution in [3.8, 4) is 0 Å². The summed E-state index contributed by atoms with van der Waals surface area (Å²) in [4.78, 5) is 10.3. The van der Waals surface area contributed by atoms with E-state index in [0.717, 1.165) is 24.8 Å². The average molecular weight is 312 g/mol. The Labute approximate surface area is 124 Å². The first-order valence-electron chi connectivity index (χ1n) is 7.01. The van der Waals surface area contributed by atoms with Gasteiger partial charge in [-0.1, -0.05) is 25.1 Å². The maximum Gasteiger partial charge on any atom is 0.296 e. The molecule has 116 valence electrons. The van der Waals surface area contributed by atoms with E-state index in [1.807, 2.05) is 0 Å². The average Bonchev–Trinajstić information content (AvgIpc) is 2.45. The number of nitroso groups, excluding NO2 is 1. The second-order valence-corrected chi connectivity index (χ2v) is 7.02. The second kappa shape index (κ2) is 5.73. The lowest BCUT2D eigenvalue weighted by molar-refractivity contribution is 0.272. The first-order chi connectivity index (χ1) is 9.85. The molecule has 2 rings (SSSR count). The van der Waals surface area contributed by atoms with Gasteiger partial charge in [0.05, 0.1) is 5.69 Å². The van der Waals surface area contributed by atoms with Gasteiger partial charge >= 0.3 is 0 Å². The van der Waals surface area contributed by atoms with E-state index in [9.17, 15) is 17.9 Å². The Morgan fingerprint density at radius 1 is 1.33 bits per heavy atom. The minimum absolute atomic E-state index is 0.0662. The van der Waals surface area contributed by atoms with E-state index in [4.69, 9.17) is 0 Å². The van der Waals surface area contributed by atoms with Crippen LogP contribution in [0.3, 0.4) is 0 Å². The highest BCUT2D eigenvalue weighted by Crippen LogP contribution is 2.41. The summed E-state index contributed by atoms with van der Waals surface area (Å²) < 4.78 is 32.5. The van der Waals surface area contributed by atoms with Crippen LogP contribution in [0.15, 0.2) is 22.2 Å². The number of nitrogens with zero attached hydrogens (tertiary/aromatic N) is 1. The zero-order chi connectivity index (χ0) is 15.7. The van der Waals surface area contributed by atoms with Gasteiger partial charge in [-0.05, 0) is 41.9 Å². The third-order valence-corrected chi connectivity index (χ3v) is 5.35. The largest absolute Gasteiger partial charge is 0.383 e. The molecular weight excluding hydrogens is 292 g/mol. The highest BCUT2D eigenvalue weighted by molar-refractivity contribution is 7.86. The first-order valence-corrected chi connectivity index (χ1v) is 8.45. The number of fused-ring (bicyclic) bond motifs is 1. The molecule has 2 N–H and O–H groups in total. The van der Waals surface area contributed by atoms with Crippen molar-refractivity contribution in [3.63, 3.8) is 0 Å². The Balaban J connectivity index is 2.58. The molecule has 0 bridgehead atoms. The van der Waals surface area contributed by atoms with Crippen LogP contribution in [0, 0.1) is 10.3 Å². The topological polar surface area (TPSA) is 95.8 Å². The predicted octanol–water partition coefficient (Wildman–Crippen LogP) is 2.97. The fourth-order valence-electron chi connectivity index (χ4n) is 2.94. The minimum Gasteiger partial charge on any atom is -0.383 e. The van der Waals surface area contributed by atoms with E-state index in [1.54, 1.807) is 6.07 Å². The van der Waals surface area contributed by atoms with Gasteiger partial charge in [0, 0.05) is 6.54 Å². The Morgan fingerprint density at radius 2 is 2.00 bits per heavy atom. The molecule has 21 heavy (non-hydrogen) atoms. The molecule has 0 amide bonds. The Morgan fingerprint density at radius 3 is 2.52 bits per heavy atom. The van der Waals surface area contributed by atoms with Crippen LogP contribution in [0.4, 0.5) is 5.69 Å². The smallest absolute Gasteiger partial charge is 0.296 e. The molecule has 1 aromatic rings. The molecule has 0 atom stereocenters. The third kappa shape index (κ3) is 3.08. The molecular formula is C14H20N2O4S. The normalized spacial score (nSPS) is 16.9. The predicted molar refractivity (Wildman–Crippen MR) is 81.0 cm³/mol. The van der Waals surface area contributed by atoms with Crippen LogP contribution >= 0.6 is 0 Å². The van der Waals surface area contributed by atoms with Crippen molar-refractivity contribution in [1.29, 1.82) is 0 Å². The van der Waals surface area contributed by atoms with E-state index in [-0.39, 0.29) is 16.9 Å². The van der Waals surface area contributed by atoms with Gasteiger partial charge < -0.3 is 5.32 Å². The number of anilines is 1. The van der Waals surface area contributed by atoms with E-state index in [2.05, 4.69) is 24.3 Å². The first kappa shape index (κ1) is 15.9. The number of hydrogen-bond acceptors (Lipinski definition) is 5. The lowest BCUT2D eigenvalue weighted by atomic mass is 9.74. The second-order valence-electron chi connectivity index (χ2n) is 5.63. The fourth-order valence-corrected chi connectivity index (χ4v) is 3.70. The molecule has 1 aliphatic heterocycles. The van der Waals surface area contributed by atoms with Crippen molar-refractivity contribution in [1.82, 2.24) is 0 Å². The Hall–Kier alpha value is -1.47. The standard InChI is InChI=1S/C14H20N2O4S/c1-3-14(4-2)7-11-5-10(8-16-17)6-12(21(18,19)20)13(11)15-9-14/h5-6,15H,3-4,7-9H2,1-2H3,(H,18,19,20). The summed E-state index contributed by atoms with van der Waals surface area (Å²) in [6.07, 6.45) is 2.65. The van der Waals surface area contributed by atoms with Crippen LogP contribution in [0.5, 0.6) is 0 Å². The maximum atomic E-state index is 11.6. The molecule has 0 radical (unpaired) electrons. The van der Waals surface area contributed by atoms with E-state index in [0.29, 0.717) is 17.8 Å². The van der Waals surface area contributed by atoms with Gasteiger partial charge in [-0.15, -0.1) is 0 Å². The van der Waals surface area contributed by atoms with Crippen LogP contribution in [0.1, 0.15) is 37.8 Å². The molecule has 0 unspecified atom stereocenters. The van der Waals surface area contributed by atoms with Gasteiger partial charge in [0.2, 0.25) is 0 Å². The molecule has 0 fully saturated rings. The molecule has 0 aliphatic carbocycles. The Kier molecular flexibility index (Phi) is 4.34. The lowest BCUT2D eigenvalue weighted by Crippen LogP contribution is -2.36. The molecule has 1 aliphatic rings. The van der Waals surface area contributed by atoms with Gasteiger partial charge in [-0.25, -0.2) is 0 Å². The molecule has 0 aromatic heterocycles. The number of rotatable bonds is 5. The van der Waals surface area contributed by atoms with Crippen molar-refractivity contribution in [2.75, 3.05) is 11.9 Å². The highest BCUT2D eigenvalue weighted by Gasteiger charge is 2.34. The number of benzene rings is 1. The van der Waals surface area contributed by atoms with Gasteiger partial charge in [0.15, 0.2) is 0 Å². The van der Waals surface area contributed by atoms with Gasteiger partial charge in [-0.3, -0.25) is 4.55 Å². The van der Waals surface area contributed by atoms with E-state index in [1.165, 1.54) is 6.07 Å². The molecule has 1 aromatic carbocycles. The van der Waals surface area contributed by atoms with E-state index >= 15 is 0 Å². The van der Waals surface area contributed by atoms with Crippen LogP contribution in [0.2, 0.25) is 0 Å². The van der Waals surface area contributed by atoms with Crippen molar-refractivity contribution < 1.29 is 13.0 Å². The van der Waals surface area contributed by atoms with Crippen LogP contribution in [-0.2, 0) is 23.1 Å². The number of nitrogens with one attached hydrogen (secondary N) is 1. The number of hydrogen-bond donors (Lipinski definition) is 2. The zero-order valence-electron chi connectivity index (χ0n) is 12.2. The quantitative estimate of drug-likeness (QED) is 0.643.